The highest BCUT2D eigenvalue weighted by Crippen LogP contribution is 2.62. The Labute approximate surface area is 178 Å². The molecular weight excluding hydrogens is 388 g/mol. The molecule has 0 aromatic rings. The lowest BCUT2D eigenvalue weighted by Crippen LogP contribution is -2.49. The van der Waals surface area contributed by atoms with Gasteiger partial charge in [0.15, 0.2) is 5.79 Å². The smallest absolute Gasteiger partial charge is 0.264 e. The quantitative estimate of drug-likeness (QED) is 0.289. The molecule has 6 heteroatoms. The second-order valence-corrected chi connectivity index (χ2v) is 11.7. The zero-order valence-corrected chi connectivity index (χ0v) is 19.5. The van der Waals surface area contributed by atoms with E-state index in [0.717, 1.165) is 19.4 Å². The summed E-state index contributed by atoms with van der Waals surface area (Å²) in [5, 5.41) is 0. The van der Waals surface area contributed by atoms with Gasteiger partial charge in [0, 0.05) is 11.8 Å². The van der Waals surface area contributed by atoms with Gasteiger partial charge in [-0.1, -0.05) is 40.0 Å². The maximum absolute atomic E-state index is 11.0. The molecule has 29 heavy (non-hydrogen) atoms. The highest BCUT2D eigenvalue weighted by molar-refractivity contribution is 7.85. The average Bonchev–Trinajstić information content (AvgIpc) is 2.90. The van der Waals surface area contributed by atoms with Crippen molar-refractivity contribution in [3.8, 4) is 0 Å². The van der Waals surface area contributed by atoms with Crippen LogP contribution < -0.4 is 0 Å². The van der Waals surface area contributed by atoms with Gasteiger partial charge in [0.25, 0.3) is 10.1 Å². The summed E-state index contributed by atoms with van der Waals surface area (Å²) in [4.78, 5) is 0. The Morgan fingerprint density at radius 1 is 0.862 bits per heavy atom. The van der Waals surface area contributed by atoms with E-state index in [1.54, 1.807) is 0 Å². The second kappa shape index (κ2) is 9.97. The van der Waals surface area contributed by atoms with E-state index in [0.29, 0.717) is 55.0 Å². The van der Waals surface area contributed by atoms with E-state index in [1.165, 1.54) is 38.5 Å². The number of ether oxygens (including phenoxy) is 2. The van der Waals surface area contributed by atoms with E-state index in [4.69, 9.17) is 14.0 Å². The van der Waals surface area contributed by atoms with E-state index >= 15 is 0 Å². The zero-order valence-electron chi connectivity index (χ0n) is 18.6. The van der Waals surface area contributed by atoms with Crippen LogP contribution in [0, 0.1) is 35.5 Å². The van der Waals surface area contributed by atoms with Gasteiger partial charge in [-0.05, 0) is 68.6 Å². The average molecular weight is 431 g/mol. The molecule has 3 aliphatic rings. The maximum Gasteiger partial charge on any atom is 0.264 e. The van der Waals surface area contributed by atoms with Gasteiger partial charge in [-0.3, -0.25) is 4.55 Å². The number of rotatable bonds is 10. The van der Waals surface area contributed by atoms with Gasteiger partial charge in [0.05, 0.1) is 19.0 Å². The van der Waals surface area contributed by atoms with E-state index in [2.05, 4.69) is 20.8 Å². The standard InChI is InChI=1S/C23H42O5S/c1-4-5-12-27-23(28-13-6-7-14-29(24,25)26)21-15-17(2)8-10-19(21)20-11-9-18(3)16-22(20)23/h17-22H,4-16H2,1-3H3,(H,24,25,26). The molecule has 0 aromatic carbocycles. The van der Waals surface area contributed by atoms with Crippen LogP contribution in [0.3, 0.4) is 0 Å². The fraction of sp³-hybridized carbons (Fsp3) is 1.00. The first kappa shape index (κ1) is 23.5. The van der Waals surface area contributed by atoms with Crippen molar-refractivity contribution in [1.82, 2.24) is 0 Å². The Bertz CT molecular complexity index is 593. The summed E-state index contributed by atoms with van der Waals surface area (Å²) in [5.74, 6) is 3.09. The van der Waals surface area contributed by atoms with Crippen LogP contribution in [0.25, 0.3) is 0 Å². The molecule has 0 amide bonds. The molecule has 0 aromatic heterocycles. The molecule has 0 saturated heterocycles. The summed E-state index contributed by atoms with van der Waals surface area (Å²) in [5.41, 5.74) is 0. The first-order valence-corrected chi connectivity index (χ1v) is 13.6. The second-order valence-electron chi connectivity index (χ2n) is 10.1. The van der Waals surface area contributed by atoms with Crippen molar-refractivity contribution in [2.24, 2.45) is 35.5 Å². The van der Waals surface area contributed by atoms with Crippen molar-refractivity contribution in [3.05, 3.63) is 0 Å². The first-order chi connectivity index (χ1) is 13.8. The molecule has 0 bridgehead atoms. The van der Waals surface area contributed by atoms with Gasteiger partial charge >= 0.3 is 0 Å². The Morgan fingerprint density at radius 2 is 1.38 bits per heavy atom. The van der Waals surface area contributed by atoms with Crippen LogP contribution in [0.4, 0.5) is 0 Å². The lowest BCUT2D eigenvalue weighted by Gasteiger charge is -2.44. The third-order valence-electron chi connectivity index (χ3n) is 7.87. The van der Waals surface area contributed by atoms with Gasteiger partial charge < -0.3 is 9.47 Å². The maximum atomic E-state index is 11.0. The monoisotopic (exact) mass is 430 g/mol. The number of fused-ring (bicyclic) bond motifs is 3. The summed E-state index contributed by atoms with van der Waals surface area (Å²) in [6.07, 6.45) is 10.8. The minimum atomic E-state index is -3.90. The normalized spacial score (nSPS) is 39.9. The summed E-state index contributed by atoms with van der Waals surface area (Å²) >= 11 is 0. The van der Waals surface area contributed by atoms with Crippen molar-refractivity contribution >= 4 is 10.1 Å². The molecule has 5 nitrogen and oxygen atoms in total. The minimum absolute atomic E-state index is 0.188. The van der Waals surface area contributed by atoms with Crippen LogP contribution in [0.15, 0.2) is 0 Å². The van der Waals surface area contributed by atoms with Crippen molar-refractivity contribution < 1.29 is 22.4 Å². The molecule has 6 atom stereocenters. The zero-order chi connectivity index (χ0) is 21.1. The third kappa shape index (κ3) is 5.55. The first-order valence-electron chi connectivity index (χ1n) is 12.0. The predicted octanol–water partition coefficient (Wildman–Crippen LogP) is 5.30. The van der Waals surface area contributed by atoms with Crippen LogP contribution in [-0.4, -0.2) is 37.7 Å². The summed E-state index contributed by atoms with van der Waals surface area (Å²) < 4.78 is 44.5. The molecule has 0 heterocycles. The van der Waals surface area contributed by atoms with Crippen LogP contribution in [0.2, 0.25) is 0 Å². The summed E-state index contributed by atoms with van der Waals surface area (Å²) in [6.45, 7) is 8.18. The molecule has 3 rings (SSSR count). The number of hydrogen-bond donors (Lipinski definition) is 1. The van der Waals surface area contributed by atoms with Crippen molar-refractivity contribution in [1.29, 1.82) is 0 Å². The molecule has 3 fully saturated rings. The third-order valence-corrected chi connectivity index (χ3v) is 8.67. The summed E-state index contributed by atoms with van der Waals surface area (Å²) in [6, 6.07) is 0. The molecule has 0 spiro atoms. The van der Waals surface area contributed by atoms with E-state index in [-0.39, 0.29) is 5.75 Å². The van der Waals surface area contributed by atoms with Crippen LogP contribution in [0.1, 0.15) is 85.0 Å². The highest BCUT2D eigenvalue weighted by atomic mass is 32.2. The largest absolute Gasteiger partial charge is 0.349 e. The predicted molar refractivity (Wildman–Crippen MR) is 115 cm³/mol. The molecule has 1 N–H and O–H groups in total. The SMILES string of the molecule is CCCCOC1(OCCCCS(=O)(=O)O)C2CC(C)CCC2C2CCC(C)CC21. The van der Waals surface area contributed by atoms with E-state index in [1.807, 2.05) is 0 Å². The van der Waals surface area contributed by atoms with Crippen molar-refractivity contribution in [2.75, 3.05) is 19.0 Å². The number of hydrogen-bond acceptors (Lipinski definition) is 4. The topological polar surface area (TPSA) is 72.8 Å². The fourth-order valence-corrected chi connectivity index (χ4v) is 7.07. The molecule has 0 aliphatic heterocycles. The summed E-state index contributed by atoms with van der Waals surface area (Å²) in [7, 11) is -3.90. The Balaban J connectivity index is 1.78. The Morgan fingerprint density at radius 3 is 1.86 bits per heavy atom. The van der Waals surface area contributed by atoms with E-state index < -0.39 is 15.9 Å². The fourth-order valence-electron chi connectivity index (χ4n) is 6.50. The van der Waals surface area contributed by atoms with Crippen LogP contribution in [-0.2, 0) is 19.6 Å². The van der Waals surface area contributed by atoms with Crippen molar-refractivity contribution in [2.45, 2.75) is 90.8 Å². The lowest BCUT2D eigenvalue weighted by atomic mass is 9.70. The lowest BCUT2D eigenvalue weighted by molar-refractivity contribution is -0.291. The molecule has 3 aliphatic carbocycles. The van der Waals surface area contributed by atoms with Gasteiger partial charge in [0.1, 0.15) is 0 Å². The molecule has 6 unspecified atom stereocenters. The van der Waals surface area contributed by atoms with Crippen LogP contribution >= 0.6 is 0 Å². The van der Waals surface area contributed by atoms with E-state index in [9.17, 15) is 8.42 Å². The van der Waals surface area contributed by atoms with Crippen molar-refractivity contribution in [3.63, 3.8) is 0 Å². The van der Waals surface area contributed by atoms with Gasteiger partial charge in [-0.15, -0.1) is 0 Å². The minimum Gasteiger partial charge on any atom is -0.349 e. The van der Waals surface area contributed by atoms with Gasteiger partial charge in [-0.25, -0.2) is 0 Å². The number of unbranched alkanes of at least 4 members (excludes halogenated alkanes) is 2. The molecule has 3 saturated carbocycles. The molecular formula is C23H42O5S. The van der Waals surface area contributed by atoms with Crippen LogP contribution in [0.5, 0.6) is 0 Å². The Hall–Kier alpha value is -0.170. The molecule has 170 valence electrons. The highest BCUT2D eigenvalue weighted by Gasteiger charge is 2.63. The van der Waals surface area contributed by atoms with Gasteiger partial charge in [-0.2, -0.15) is 8.42 Å². The molecule has 0 radical (unpaired) electrons. The van der Waals surface area contributed by atoms with Gasteiger partial charge in [0.2, 0.25) is 0 Å². The Kier molecular flexibility index (Phi) is 8.08.